The van der Waals surface area contributed by atoms with Crippen LogP contribution in [0.5, 0.6) is 5.75 Å². The maximum absolute atomic E-state index is 12.4. The van der Waals surface area contributed by atoms with Crippen LogP contribution in [0.1, 0.15) is 41.7 Å². The molecule has 2 rings (SSSR count). The van der Waals surface area contributed by atoms with Gasteiger partial charge in [-0.25, -0.2) is 4.98 Å². The molecule has 0 atom stereocenters. The Bertz CT molecular complexity index is 725. The van der Waals surface area contributed by atoms with Gasteiger partial charge in [-0.05, 0) is 57.2 Å². The first-order valence-electron chi connectivity index (χ1n) is 8.39. The van der Waals surface area contributed by atoms with Crippen LogP contribution in [0.2, 0.25) is 0 Å². The predicted octanol–water partition coefficient (Wildman–Crippen LogP) is 3.21. The Morgan fingerprint density at radius 2 is 1.64 bits per heavy atom. The van der Waals surface area contributed by atoms with Crippen LogP contribution in [-0.4, -0.2) is 41.4 Å². The third-order valence-corrected chi connectivity index (χ3v) is 3.67. The summed E-state index contributed by atoms with van der Waals surface area (Å²) in [7, 11) is 0. The van der Waals surface area contributed by atoms with Gasteiger partial charge in [-0.3, -0.25) is 9.59 Å². The topological polar surface area (TPSA) is 71.5 Å². The van der Waals surface area contributed by atoms with E-state index in [0.717, 1.165) is 5.75 Å². The van der Waals surface area contributed by atoms with Gasteiger partial charge in [-0.15, -0.1) is 0 Å². The summed E-state index contributed by atoms with van der Waals surface area (Å²) in [5, 5.41) is 2.77. The van der Waals surface area contributed by atoms with Gasteiger partial charge in [0.05, 0.1) is 6.61 Å². The second-order valence-electron chi connectivity index (χ2n) is 5.30. The molecule has 0 aliphatic rings. The summed E-state index contributed by atoms with van der Waals surface area (Å²) in [6.07, 6.45) is 0. The van der Waals surface area contributed by atoms with Crippen molar-refractivity contribution < 1.29 is 14.3 Å². The monoisotopic (exact) mass is 341 g/mol. The van der Waals surface area contributed by atoms with Gasteiger partial charge >= 0.3 is 0 Å². The van der Waals surface area contributed by atoms with Crippen molar-refractivity contribution in [2.75, 3.05) is 25.0 Å². The fraction of sp³-hybridized carbons (Fsp3) is 0.316. The molecule has 6 nitrogen and oxygen atoms in total. The third kappa shape index (κ3) is 4.79. The number of ether oxygens (including phenoxy) is 1. The normalized spacial score (nSPS) is 10.2. The molecule has 1 N–H and O–H groups in total. The van der Waals surface area contributed by atoms with Gasteiger partial charge in [0.25, 0.3) is 11.8 Å². The van der Waals surface area contributed by atoms with Crippen molar-refractivity contribution in [3.05, 3.63) is 53.9 Å². The van der Waals surface area contributed by atoms with Gasteiger partial charge in [-0.1, -0.05) is 6.07 Å². The quantitative estimate of drug-likeness (QED) is 0.839. The largest absolute Gasteiger partial charge is 0.494 e. The number of hydrogen-bond acceptors (Lipinski definition) is 4. The lowest BCUT2D eigenvalue weighted by Crippen LogP contribution is -2.31. The first-order chi connectivity index (χ1) is 12.1. The van der Waals surface area contributed by atoms with E-state index in [-0.39, 0.29) is 23.2 Å². The molecule has 25 heavy (non-hydrogen) atoms. The molecule has 0 saturated heterocycles. The minimum Gasteiger partial charge on any atom is -0.494 e. The van der Waals surface area contributed by atoms with Crippen molar-refractivity contribution in [2.45, 2.75) is 20.8 Å². The number of hydrogen-bond donors (Lipinski definition) is 1. The van der Waals surface area contributed by atoms with E-state index in [2.05, 4.69) is 10.3 Å². The molecular formula is C19H23N3O3. The van der Waals surface area contributed by atoms with E-state index in [1.54, 1.807) is 47.4 Å². The lowest BCUT2D eigenvalue weighted by atomic mass is 10.2. The summed E-state index contributed by atoms with van der Waals surface area (Å²) in [6, 6.07) is 12.0. The van der Waals surface area contributed by atoms with Crippen LogP contribution in [0.15, 0.2) is 42.5 Å². The molecule has 132 valence electrons. The Hall–Kier alpha value is -2.89. The highest BCUT2D eigenvalue weighted by molar-refractivity contribution is 6.03. The summed E-state index contributed by atoms with van der Waals surface area (Å²) >= 11 is 0. The van der Waals surface area contributed by atoms with Crippen molar-refractivity contribution in [3.63, 3.8) is 0 Å². The van der Waals surface area contributed by atoms with Gasteiger partial charge in [0.15, 0.2) is 0 Å². The number of rotatable bonds is 7. The van der Waals surface area contributed by atoms with Crippen LogP contribution < -0.4 is 10.1 Å². The number of benzene rings is 1. The fourth-order valence-corrected chi connectivity index (χ4v) is 2.35. The Balaban J connectivity index is 2.11. The zero-order valence-corrected chi connectivity index (χ0v) is 14.8. The summed E-state index contributed by atoms with van der Waals surface area (Å²) in [4.78, 5) is 30.6. The number of carbonyl (C=O) groups is 2. The highest BCUT2D eigenvalue weighted by atomic mass is 16.5. The molecule has 0 saturated carbocycles. The van der Waals surface area contributed by atoms with Crippen LogP contribution in [0.4, 0.5) is 5.69 Å². The van der Waals surface area contributed by atoms with Gasteiger partial charge in [0, 0.05) is 18.8 Å². The zero-order valence-electron chi connectivity index (χ0n) is 14.8. The summed E-state index contributed by atoms with van der Waals surface area (Å²) < 4.78 is 5.37. The number of nitrogens with zero attached hydrogens (tertiary/aromatic N) is 2. The molecule has 1 aromatic heterocycles. The second-order valence-corrected chi connectivity index (χ2v) is 5.30. The highest BCUT2D eigenvalue weighted by Crippen LogP contribution is 2.16. The predicted molar refractivity (Wildman–Crippen MR) is 97.1 cm³/mol. The molecule has 0 bridgehead atoms. The molecule has 6 heteroatoms. The van der Waals surface area contributed by atoms with E-state index >= 15 is 0 Å². The summed E-state index contributed by atoms with van der Waals surface area (Å²) in [5.74, 6) is 0.199. The number of carbonyl (C=O) groups excluding carboxylic acids is 2. The second kappa shape index (κ2) is 8.82. The average molecular weight is 341 g/mol. The van der Waals surface area contributed by atoms with Crippen molar-refractivity contribution in [2.24, 2.45) is 0 Å². The maximum atomic E-state index is 12.4. The van der Waals surface area contributed by atoms with E-state index in [1.165, 1.54) is 0 Å². The van der Waals surface area contributed by atoms with E-state index in [1.807, 2.05) is 20.8 Å². The number of aromatic nitrogens is 1. The van der Waals surface area contributed by atoms with Gasteiger partial charge in [-0.2, -0.15) is 0 Å². The lowest BCUT2D eigenvalue weighted by molar-refractivity contribution is 0.0767. The molecule has 1 aromatic carbocycles. The van der Waals surface area contributed by atoms with E-state index in [0.29, 0.717) is 25.4 Å². The van der Waals surface area contributed by atoms with Crippen molar-refractivity contribution in [3.8, 4) is 5.75 Å². The Labute approximate surface area is 147 Å². The first-order valence-corrected chi connectivity index (χ1v) is 8.39. The molecule has 0 aliphatic heterocycles. The van der Waals surface area contributed by atoms with E-state index in [4.69, 9.17) is 4.74 Å². The van der Waals surface area contributed by atoms with Gasteiger partial charge in [0.1, 0.15) is 17.1 Å². The number of anilines is 1. The standard InChI is InChI=1S/C19H23N3O3/c1-4-22(5-2)19(24)17-9-7-8-16(21-17)18(23)20-14-10-12-15(13-11-14)25-6-3/h7-13H,4-6H2,1-3H3,(H,20,23). The minimum absolute atomic E-state index is 0.180. The molecular weight excluding hydrogens is 318 g/mol. The fourth-order valence-electron chi connectivity index (χ4n) is 2.35. The van der Waals surface area contributed by atoms with E-state index < -0.39 is 0 Å². The summed E-state index contributed by atoms with van der Waals surface area (Å²) in [5.41, 5.74) is 1.10. The average Bonchev–Trinajstić information content (AvgIpc) is 2.64. The van der Waals surface area contributed by atoms with Crippen LogP contribution in [0.25, 0.3) is 0 Å². The molecule has 0 radical (unpaired) electrons. The molecule has 2 aromatic rings. The van der Waals surface area contributed by atoms with Gasteiger partial charge < -0.3 is 15.0 Å². The highest BCUT2D eigenvalue weighted by Gasteiger charge is 2.16. The molecule has 1 heterocycles. The Morgan fingerprint density at radius 3 is 2.24 bits per heavy atom. The minimum atomic E-state index is -0.363. The van der Waals surface area contributed by atoms with Crippen LogP contribution >= 0.6 is 0 Å². The molecule has 2 amide bonds. The number of nitrogens with one attached hydrogen (secondary N) is 1. The number of amides is 2. The summed E-state index contributed by atoms with van der Waals surface area (Å²) in [6.45, 7) is 7.50. The van der Waals surface area contributed by atoms with Crippen molar-refractivity contribution in [1.29, 1.82) is 0 Å². The third-order valence-electron chi connectivity index (χ3n) is 3.67. The molecule has 0 unspecified atom stereocenters. The van der Waals surface area contributed by atoms with Crippen LogP contribution in [0.3, 0.4) is 0 Å². The smallest absolute Gasteiger partial charge is 0.274 e. The van der Waals surface area contributed by atoms with Crippen molar-refractivity contribution >= 4 is 17.5 Å². The SMILES string of the molecule is CCOc1ccc(NC(=O)c2cccc(C(=O)N(CC)CC)n2)cc1. The molecule has 0 spiro atoms. The first kappa shape index (κ1) is 18.4. The molecule has 0 aliphatic carbocycles. The van der Waals surface area contributed by atoms with Crippen LogP contribution in [-0.2, 0) is 0 Å². The van der Waals surface area contributed by atoms with Gasteiger partial charge in [0.2, 0.25) is 0 Å². The Morgan fingerprint density at radius 1 is 1.00 bits per heavy atom. The lowest BCUT2D eigenvalue weighted by Gasteiger charge is -2.18. The zero-order chi connectivity index (χ0) is 18.2. The maximum Gasteiger partial charge on any atom is 0.274 e. The van der Waals surface area contributed by atoms with E-state index in [9.17, 15) is 9.59 Å². The van der Waals surface area contributed by atoms with Crippen molar-refractivity contribution in [1.82, 2.24) is 9.88 Å². The molecule has 0 fully saturated rings. The number of pyridine rings is 1. The Kier molecular flexibility index (Phi) is 6.51. The van der Waals surface area contributed by atoms with Crippen LogP contribution in [0, 0.1) is 0 Å².